The Hall–Kier alpha value is -2.94. The SMILES string of the molecule is C1CCOCC1.CC(C)Oc1cccc(Nc2cc(N)nnc2C(N)=O)n1. The summed E-state index contributed by atoms with van der Waals surface area (Å²) >= 11 is 0. The number of rotatable bonds is 5. The maximum atomic E-state index is 11.3. The Morgan fingerprint density at radius 1 is 1.22 bits per heavy atom. The third-order valence-electron chi connectivity index (χ3n) is 3.47. The summed E-state index contributed by atoms with van der Waals surface area (Å²) in [4.78, 5) is 15.6. The zero-order chi connectivity index (χ0) is 19.6. The normalized spacial score (nSPS) is 13.4. The Kier molecular flexibility index (Phi) is 7.75. The van der Waals surface area contributed by atoms with Crippen LogP contribution in [0.1, 0.15) is 43.6 Å². The first-order valence-electron chi connectivity index (χ1n) is 8.87. The number of nitrogens with zero attached hydrogens (tertiary/aromatic N) is 3. The Morgan fingerprint density at radius 2 is 1.96 bits per heavy atom. The van der Waals surface area contributed by atoms with Crippen LogP contribution >= 0.6 is 0 Å². The maximum absolute atomic E-state index is 11.3. The van der Waals surface area contributed by atoms with Gasteiger partial charge in [-0.2, -0.15) is 4.98 Å². The van der Waals surface area contributed by atoms with Gasteiger partial charge in [-0.05, 0) is 39.2 Å². The Balaban J connectivity index is 0.000000369. The van der Waals surface area contributed by atoms with E-state index in [1.165, 1.54) is 25.3 Å². The molecule has 0 unspecified atom stereocenters. The lowest BCUT2D eigenvalue weighted by atomic mass is 10.2. The van der Waals surface area contributed by atoms with Crippen LogP contribution in [0.3, 0.4) is 0 Å². The van der Waals surface area contributed by atoms with Crippen molar-refractivity contribution in [1.82, 2.24) is 15.2 Å². The molecule has 27 heavy (non-hydrogen) atoms. The van der Waals surface area contributed by atoms with Gasteiger partial charge in [0.15, 0.2) is 5.69 Å². The summed E-state index contributed by atoms with van der Waals surface area (Å²) in [6.45, 7) is 5.81. The van der Waals surface area contributed by atoms with Gasteiger partial charge in [0.1, 0.15) is 11.6 Å². The summed E-state index contributed by atoms with van der Waals surface area (Å²) in [5.41, 5.74) is 11.1. The molecule has 0 spiro atoms. The number of amides is 1. The molecule has 3 heterocycles. The van der Waals surface area contributed by atoms with Crippen molar-refractivity contribution in [2.75, 3.05) is 24.3 Å². The Bertz CT molecular complexity index is 738. The lowest BCUT2D eigenvalue weighted by Gasteiger charge is -2.12. The van der Waals surface area contributed by atoms with Crippen molar-refractivity contribution in [2.45, 2.75) is 39.2 Å². The van der Waals surface area contributed by atoms with Gasteiger partial charge in [-0.1, -0.05) is 6.07 Å². The van der Waals surface area contributed by atoms with E-state index in [2.05, 4.69) is 20.5 Å². The second-order valence-electron chi connectivity index (χ2n) is 6.22. The van der Waals surface area contributed by atoms with E-state index < -0.39 is 5.91 Å². The van der Waals surface area contributed by atoms with Crippen LogP contribution in [0.4, 0.5) is 17.3 Å². The first-order valence-corrected chi connectivity index (χ1v) is 8.87. The van der Waals surface area contributed by atoms with E-state index >= 15 is 0 Å². The number of carbonyl (C=O) groups excluding carboxylic acids is 1. The van der Waals surface area contributed by atoms with Gasteiger partial charge < -0.3 is 26.3 Å². The van der Waals surface area contributed by atoms with Crippen molar-refractivity contribution < 1.29 is 14.3 Å². The number of carbonyl (C=O) groups is 1. The van der Waals surface area contributed by atoms with Gasteiger partial charge in [0, 0.05) is 25.3 Å². The van der Waals surface area contributed by atoms with E-state index in [-0.39, 0.29) is 17.6 Å². The molecule has 1 saturated heterocycles. The van der Waals surface area contributed by atoms with E-state index in [1.54, 1.807) is 18.2 Å². The number of nitrogens with one attached hydrogen (secondary N) is 1. The van der Waals surface area contributed by atoms with Gasteiger partial charge in [-0.15, -0.1) is 10.2 Å². The van der Waals surface area contributed by atoms with Crippen LogP contribution < -0.4 is 21.5 Å². The highest BCUT2D eigenvalue weighted by molar-refractivity contribution is 5.97. The zero-order valence-electron chi connectivity index (χ0n) is 15.6. The van der Waals surface area contributed by atoms with Crippen LogP contribution in [0.2, 0.25) is 0 Å². The minimum absolute atomic E-state index is 0.00664. The molecule has 9 nitrogen and oxygen atoms in total. The maximum Gasteiger partial charge on any atom is 0.271 e. The van der Waals surface area contributed by atoms with E-state index in [9.17, 15) is 4.79 Å². The van der Waals surface area contributed by atoms with E-state index in [0.29, 0.717) is 17.4 Å². The number of hydrogen-bond acceptors (Lipinski definition) is 8. The van der Waals surface area contributed by atoms with Gasteiger partial charge in [-0.25, -0.2) is 0 Å². The van der Waals surface area contributed by atoms with Gasteiger partial charge in [0.05, 0.1) is 11.8 Å². The molecule has 9 heteroatoms. The molecule has 146 valence electrons. The molecule has 2 aromatic rings. The average Bonchev–Trinajstić information content (AvgIpc) is 2.63. The molecule has 0 saturated carbocycles. The number of aromatic nitrogens is 3. The highest BCUT2D eigenvalue weighted by Crippen LogP contribution is 2.21. The highest BCUT2D eigenvalue weighted by atomic mass is 16.5. The van der Waals surface area contributed by atoms with Gasteiger partial charge in [0.2, 0.25) is 5.88 Å². The van der Waals surface area contributed by atoms with Crippen molar-refractivity contribution >= 4 is 23.2 Å². The molecule has 1 aliphatic rings. The zero-order valence-corrected chi connectivity index (χ0v) is 15.6. The van der Waals surface area contributed by atoms with Crippen molar-refractivity contribution in [2.24, 2.45) is 5.73 Å². The van der Waals surface area contributed by atoms with Gasteiger partial charge >= 0.3 is 0 Å². The summed E-state index contributed by atoms with van der Waals surface area (Å²) in [5, 5.41) is 10.2. The summed E-state index contributed by atoms with van der Waals surface area (Å²) in [7, 11) is 0. The Labute approximate surface area is 158 Å². The Morgan fingerprint density at radius 3 is 2.52 bits per heavy atom. The predicted octanol–water partition coefficient (Wildman–Crippen LogP) is 2.27. The lowest BCUT2D eigenvalue weighted by Crippen LogP contribution is -2.17. The van der Waals surface area contributed by atoms with E-state index in [0.717, 1.165) is 13.2 Å². The fourth-order valence-electron chi connectivity index (χ4n) is 2.30. The van der Waals surface area contributed by atoms with Crippen LogP contribution in [0.25, 0.3) is 0 Å². The van der Waals surface area contributed by atoms with Gasteiger partial charge in [0.25, 0.3) is 5.91 Å². The number of primary amides is 1. The standard InChI is InChI=1S/C13H16N6O2.C5H10O/c1-7(2)21-11-5-3-4-10(17-11)16-8-6-9(14)18-19-12(8)13(15)20;1-2-4-6-5-3-1/h3-7H,1-2H3,(H2,15,20)(H3,14,16,17,18);1-5H2. The highest BCUT2D eigenvalue weighted by Gasteiger charge is 2.12. The molecule has 0 bridgehead atoms. The van der Waals surface area contributed by atoms with E-state index in [4.69, 9.17) is 20.9 Å². The largest absolute Gasteiger partial charge is 0.475 e. The molecule has 2 aromatic heterocycles. The average molecular weight is 374 g/mol. The van der Waals surface area contributed by atoms with Crippen LogP contribution in [-0.4, -0.2) is 40.4 Å². The molecule has 5 N–H and O–H groups in total. The minimum atomic E-state index is -0.709. The molecule has 1 fully saturated rings. The summed E-state index contributed by atoms with van der Waals surface area (Å²) < 4.78 is 10.6. The molecule has 0 aliphatic carbocycles. The van der Waals surface area contributed by atoms with Crippen molar-refractivity contribution in [3.8, 4) is 5.88 Å². The number of anilines is 3. The molecule has 1 amide bonds. The molecular weight excluding hydrogens is 348 g/mol. The monoisotopic (exact) mass is 374 g/mol. The number of ether oxygens (including phenoxy) is 2. The van der Waals surface area contributed by atoms with Crippen LogP contribution in [-0.2, 0) is 4.74 Å². The molecule has 1 aliphatic heterocycles. The van der Waals surface area contributed by atoms with Crippen molar-refractivity contribution in [3.63, 3.8) is 0 Å². The molecular formula is C18H26N6O3. The third kappa shape index (κ3) is 7.06. The predicted molar refractivity (Wildman–Crippen MR) is 103 cm³/mol. The van der Waals surface area contributed by atoms with Crippen LogP contribution in [0.15, 0.2) is 24.3 Å². The number of hydrogen-bond donors (Lipinski definition) is 3. The van der Waals surface area contributed by atoms with Crippen molar-refractivity contribution in [1.29, 1.82) is 0 Å². The summed E-state index contributed by atoms with van der Waals surface area (Å²) in [5.74, 6) is 0.394. The second-order valence-corrected chi connectivity index (χ2v) is 6.22. The number of nitrogen functional groups attached to an aromatic ring is 1. The quantitative estimate of drug-likeness (QED) is 0.724. The number of nitrogens with two attached hydrogens (primary N) is 2. The van der Waals surface area contributed by atoms with Gasteiger partial charge in [-0.3, -0.25) is 4.79 Å². The lowest BCUT2D eigenvalue weighted by molar-refractivity contribution is 0.0968. The number of pyridine rings is 1. The molecule has 0 radical (unpaired) electrons. The second kappa shape index (κ2) is 10.3. The fraction of sp³-hybridized carbons (Fsp3) is 0.444. The molecule has 3 rings (SSSR count). The smallest absolute Gasteiger partial charge is 0.271 e. The first-order chi connectivity index (χ1) is 13.0. The summed E-state index contributed by atoms with van der Waals surface area (Å²) in [6.07, 6.45) is 3.94. The van der Waals surface area contributed by atoms with Crippen LogP contribution in [0, 0.1) is 0 Å². The fourth-order valence-corrected chi connectivity index (χ4v) is 2.30. The summed E-state index contributed by atoms with van der Waals surface area (Å²) in [6, 6.07) is 6.69. The minimum Gasteiger partial charge on any atom is -0.475 e. The van der Waals surface area contributed by atoms with Crippen molar-refractivity contribution in [3.05, 3.63) is 30.0 Å². The molecule has 0 atom stereocenters. The van der Waals surface area contributed by atoms with E-state index in [1.807, 2.05) is 13.8 Å². The van der Waals surface area contributed by atoms with Crippen LogP contribution in [0.5, 0.6) is 5.88 Å². The topological polar surface area (TPSA) is 138 Å². The molecule has 0 aromatic carbocycles. The third-order valence-corrected chi connectivity index (χ3v) is 3.47. The first kappa shape index (κ1) is 20.4.